The third kappa shape index (κ3) is 6.88. The second-order valence-electron chi connectivity index (χ2n) is 12.0. The third-order valence-corrected chi connectivity index (χ3v) is 7.71. The van der Waals surface area contributed by atoms with E-state index in [9.17, 15) is 14.4 Å². The number of aryl methyl sites for hydroxylation is 1. The Kier molecular flexibility index (Phi) is 9.24. The molecule has 2 heterocycles. The second-order valence-corrected chi connectivity index (χ2v) is 12.0. The molecule has 0 bridgehead atoms. The van der Waals surface area contributed by atoms with Crippen molar-refractivity contribution in [1.29, 1.82) is 0 Å². The Hall–Kier alpha value is -4.38. The van der Waals surface area contributed by atoms with Crippen molar-refractivity contribution in [3.63, 3.8) is 0 Å². The second kappa shape index (κ2) is 13.1. The first-order valence-corrected chi connectivity index (χ1v) is 14.9. The number of hydrogen-bond donors (Lipinski definition) is 1. The number of ether oxygens (including phenoxy) is 4. The summed E-state index contributed by atoms with van der Waals surface area (Å²) in [7, 11) is 1.70. The highest BCUT2D eigenvalue weighted by Gasteiger charge is 2.38. The number of aromatic nitrogens is 2. The van der Waals surface area contributed by atoms with Gasteiger partial charge in [-0.25, -0.2) is 14.4 Å². The van der Waals surface area contributed by atoms with E-state index in [2.05, 4.69) is 34.7 Å². The van der Waals surface area contributed by atoms with E-state index >= 15 is 0 Å². The van der Waals surface area contributed by atoms with Gasteiger partial charge in [0, 0.05) is 25.8 Å². The molecule has 234 valence electrons. The zero-order valence-corrected chi connectivity index (χ0v) is 25.9. The van der Waals surface area contributed by atoms with E-state index in [0.29, 0.717) is 18.7 Å². The van der Waals surface area contributed by atoms with Crippen molar-refractivity contribution in [2.24, 2.45) is 7.05 Å². The number of rotatable bonds is 8. The molecule has 11 nitrogen and oxygen atoms in total. The number of carbonyl (C=O) groups excluding carboxylic acids is 3. The van der Waals surface area contributed by atoms with Gasteiger partial charge in [0.2, 0.25) is 0 Å². The Labute approximate surface area is 257 Å². The Morgan fingerprint density at radius 2 is 1.70 bits per heavy atom. The molecule has 1 fully saturated rings. The number of esters is 1. The van der Waals surface area contributed by atoms with E-state index in [1.54, 1.807) is 40.9 Å². The van der Waals surface area contributed by atoms with Gasteiger partial charge in [0.1, 0.15) is 17.8 Å². The molecule has 0 unspecified atom stereocenters. The van der Waals surface area contributed by atoms with Gasteiger partial charge in [0.25, 0.3) is 0 Å². The van der Waals surface area contributed by atoms with Crippen molar-refractivity contribution in [3.8, 4) is 11.1 Å². The van der Waals surface area contributed by atoms with Gasteiger partial charge in [-0.15, -0.1) is 0 Å². The van der Waals surface area contributed by atoms with Crippen molar-refractivity contribution in [1.82, 2.24) is 20.0 Å². The van der Waals surface area contributed by atoms with Crippen LogP contribution < -0.4 is 5.32 Å². The summed E-state index contributed by atoms with van der Waals surface area (Å²) >= 11 is 0. The summed E-state index contributed by atoms with van der Waals surface area (Å²) in [6, 6.07) is 15.1. The van der Waals surface area contributed by atoms with E-state index in [1.807, 2.05) is 24.3 Å². The topological polar surface area (TPSA) is 121 Å². The normalized spacial score (nSPS) is 17.8. The molecule has 1 saturated heterocycles. The average molecular weight is 605 g/mol. The fourth-order valence-corrected chi connectivity index (χ4v) is 5.88. The number of carbonyl (C=O) groups is 3. The number of fused-ring (bicyclic) bond motifs is 3. The van der Waals surface area contributed by atoms with Gasteiger partial charge >= 0.3 is 18.2 Å². The summed E-state index contributed by atoms with van der Waals surface area (Å²) in [4.78, 5) is 41.2. The Bertz CT molecular complexity index is 1470. The van der Waals surface area contributed by atoms with Crippen LogP contribution in [0.4, 0.5) is 9.59 Å². The SMILES string of the molecule is CCOC(=O)c1cn(C)nc1CN(C(=O)OCC1c2ccccc2-c2ccccc21)[C@H]1CCOC[C@H]1NC(=O)OC(C)(C)C. The maximum Gasteiger partial charge on any atom is 0.410 e. The van der Waals surface area contributed by atoms with Crippen LogP contribution in [0.1, 0.15) is 67.2 Å². The summed E-state index contributed by atoms with van der Waals surface area (Å²) in [5.74, 6) is -0.665. The molecule has 0 radical (unpaired) electrons. The smallest absolute Gasteiger partial charge is 0.410 e. The zero-order chi connectivity index (χ0) is 31.4. The van der Waals surface area contributed by atoms with Gasteiger partial charge in [0.05, 0.1) is 37.5 Å². The lowest BCUT2D eigenvalue weighted by Gasteiger charge is -2.39. The first-order valence-electron chi connectivity index (χ1n) is 14.9. The van der Waals surface area contributed by atoms with E-state index in [-0.39, 0.29) is 37.8 Å². The molecule has 1 aromatic heterocycles. The molecular weight excluding hydrogens is 564 g/mol. The van der Waals surface area contributed by atoms with Crippen molar-refractivity contribution in [2.75, 3.05) is 26.4 Å². The predicted molar refractivity (Wildman–Crippen MR) is 162 cm³/mol. The van der Waals surface area contributed by atoms with Crippen LogP contribution in [0.5, 0.6) is 0 Å². The van der Waals surface area contributed by atoms with Crippen LogP contribution in [-0.2, 0) is 32.5 Å². The molecule has 2 atom stereocenters. The highest BCUT2D eigenvalue weighted by atomic mass is 16.6. The summed E-state index contributed by atoms with van der Waals surface area (Å²) in [6.07, 6.45) is 0.793. The van der Waals surface area contributed by atoms with Crippen molar-refractivity contribution in [3.05, 3.63) is 77.1 Å². The number of nitrogens with zero attached hydrogens (tertiary/aromatic N) is 3. The molecule has 0 spiro atoms. The van der Waals surface area contributed by atoms with E-state index in [0.717, 1.165) is 22.3 Å². The molecule has 2 amide bonds. The van der Waals surface area contributed by atoms with Gasteiger partial charge in [0.15, 0.2) is 0 Å². The van der Waals surface area contributed by atoms with Crippen LogP contribution in [0.3, 0.4) is 0 Å². The Morgan fingerprint density at radius 3 is 2.34 bits per heavy atom. The standard InChI is InChI=1S/C33H40N4O7/c1-6-42-30(38)25-17-36(5)35-27(25)18-37(29-15-16-41-20-28(29)34-31(39)44-33(2,3)4)32(40)43-19-26-23-13-9-7-11-21(23)22-12-8-10-14-24(22)26/h7-14,17,26,28-29H,6,15-16,18-20H2,1-5H3,(H,34,39)/t28-,29+/m1/s1. The first kappa shape index (κ1) is 31.1. The fourth-order valence-electron chi connectivity index (χ4n) is 5.88. The highest BCUT2D eigenvalue weighted by Crippen LogP contribution is 2.44. The van der Waals surface area contributed by atoms with Gasteiger partial charge in [-0.3, -0.25) is 9.58 Å². The quantitative estimate of drug-likeness (QED) is 0.281. The van der Waals surface area contributed by atoms with E-state index in [4.69, 9.17) is 18.9 Å². The van der Waals surface area contributed by atoms with E-state index < -0.39 is 35.8 Å². The number of amides is 2. The monoisotopic (exact) mass is 604 g/mol. The van der Waals surface area contributed by atoms with Gasteiger partial charge in [-0.05, 0) is 56.4 Å². The molecule has 2 aromatic carbocycles. The number of nitrogens with one attached hydrogen (secondary N) is 1. The van der Waals surface area contributed by atoms with Crippen LogP contribution in [0.15, 0.2) is 54.7 Å². The van der Waals surface area contributed by atoms with Crippen LogP contribution in [0, 0.1) is 0 Å². The number of benzene rings is 2. The molecular formula is C33H40N4O7. The lowest BCUT2D eigenvalue weighted by atomic mass is 9.98. The zero-order valence-electron chi connectivity index (χ0n) is 25.9. The number of alkyl carbamates (subject to hydrolysis) is 1. The summed E-state index contributed by atoms with van der Waals surface area (Å²) < 4.78 is 24.0. The van der Waals surface area contributed by atoms with Crippen LogP contribution in [0.2, 0.25) is 0 Å². The fraction of sp³-hybridized carbons (Fsp3) is 0.455. The first-order chi connectivity index (χ1) is 21.1. The van der Waals surface area contributed by atoms with Gasteiger partial charge in [-0.2, -0.15) is 5.10 Å². The summed E-state index contributed by atoms with van der Waals surface area (Å²) in [6.45, 7) is 7.89. The molecule has 1 aliphatic carbocycles. The van der Waals surface area contributed by atoms with Gasteiger partial charge in [-0.1, -0.05) is 48.5 Å². The molecule has 11 heteroatoms. The maximum atomic E-state index is 14.1. The van der Waals surface area contributed by atoms with Crippen LogP contribution >= 0.6 is 0 Å². The minimum atomic E-state index is -0.704. The molecule has 44 heavy (non-hydrogen) atoms. The largest absolute Gasteiger partial charge is 0.462 e. The van der Waals surface area contributed by atoms with Crippen molar-refractivity contribution < 1.29 is 33.3 Å². The Morgan fingerprint density at radius 1 is 1.05 bits per heavy atom. The predicted octanol–water partition coefficient (Wildman–Crippen LogP) is 5.03. The lowest BCUT2D eigenvalue weighted by Crippen LogP contribution is -2.58. The molecule has 0 saturated carbocycles. The highest BCUT2D eigenvalue weighted by molar-refractivity contribution is 5.90. The van der Waals surface area contributed by atoms with Crippen LogP contribution in [-0.4, -0.2) is 76.9 Å². The van der Waals surface area contributed by atoms with E-state index in [1.165, 1.54) is 9.58 Å². The van der Waals surface area contributed by atoms with Crippen molar-refractivity contribution >= 4 is 18.2 Å². The number of hydrogen-bond acceptors (Lipinski definition) is 8. The third-order valence-electron chi connectivity index (χ3n) is 7.71. The average Bonchev–Trinajstić information content (AvgIpc) is 3.51. The minimum Gasteiger partial charge on any atom is -0.462 e. The molecule has 1 aliphatic heterocycles. The Balaban J connectivity index is 1.43. The van der Waals surface area contributed by atoms with Crippen molar-refractivity contribution in [2.45, 2.75) is 64.3 Å². The van der Waals surface area contributed by atoms with Gasteiger partial charge < -0.3 is 24.3 Å². The minimum absolute atomic E-state index is 0.0389. The molecule has 5 rings (SSSR count). The summed E-state index contributed by atoms with van der Waals surface area (Å²) in [5, 5.41) is 7.37. The maximum absolute atomic E-state index is 14.1. The molecule has 3 aromatic rings. The van der Waals surface area contributed by atoms with Crippen LogP contribution in [0.25, 0.3) is 11.1 Å². The molecule has 2 aliphatic rings. The summed E-state index contributed by atoms with van der Waals surface area (Å²) in [5.41, 5.74) is 4.36. The molecule has 1 N–H and O–H groups in total. The lowest BCUT2D eigenvalue weighted by molar-refractivity contribution is -0.00746.